The summed E-state index contributed by atoms with van der Waals surface area (Å²) in [6.07, 6.45) is 2.00. The van der Waals surface area contributed by atoms with E-state index in [2.05, 4.69) is 10.6 Å². The SMILES string of the molecule is CC1(C)C[C@H](NC(=O)[C@H](Cc2ccccc2)NC(=O)c2cccs2)CCO1. The Morgan fingerprint density at radius 3 is 2.67 bits per heavy atom. The van der Waals surface area contributed by atoms with E-state index in [9.17, 15) is 9.59 Å². The Balaban J connectivity index is 1.70. The van der Waals surface area contributed by atoms with Crippen molar-refractivity contribution in [1.29, 1.82) is 0 Å². The van der Waals surface area contributed by atoms with E-state index < -0.39 is 6.04 Å². The van der Waals surface area contributed by atoms with Crippen LogP contribution in [-0.4, -0.2) is 36.1 Å². The number of carbonyl (C=O) groups is 2. The zero-order valence-electron chi connectivity index (χ0n) is 15.7. The number of ether oxygens (including phenoxy) is 1. The Kier molecular flexibility index (Phi) is 6.29. The first-order valence-electron chi connectivity index (χ1n) is 9.25. The monoisotopic (exact) mass is 386 g/mol. The smallest absolute Gasteiger partial charge is 0.262 e. The van der Waals surface area contributed by atoms with E-state index >= 15 is 0 Å². The molecular formula is C21H26N2O3S. The van der Waals surface area contributed by atoms with Crippen molar-refractivity contribution in [3.8, 4) is 0 Å². The number of hydrogen-bond donors (Lipinski definition) is 2. The van der Waals surface area contributed by atoms with Crippen molar-refractivity contribution in [3.05, 3.63) is 58.3 Å². The van der Waals surface area contributed by atoms with Crippen molar-refractivity contribution >= 4 is 23.2 Å². The van der Waals surface area contributed by atoms with Gasteiger partial charge in [0.15, 0.2) is 0 Å². The number of carbonyl (C=O) groups excluding carboxylic acids is 2. The van der Waals surface area contributed by atoms with E-state index in [1.165, 1.54) is 11.3 Å². The predicted molar refractivity (Wildman–Crippen MR) is 107 cm³/mol. The summed E-state index contributed by atoms with van der Waals surface area (Å²) in [5.41, 5.74) is 0.766. The molecule has 2 heterocycles. The Hall–Kier alpha value is -2.18. The molecule has 1 aliphatic heterocycles. The van der Waals surface area contributed by atoms with Crippen LogP contribution in [0.5, 0.6) is 0 Å². The molecule has 2 amide bonds. The highest BCUT2D eigenvalue weighted by atomic mass is 32.1. The first-order chi connectivity index (χ1) is 12.9. The van der Waals surface area contributed by atoms with Crippen LogP contribution in [0.15, 0.2) is 47.8 Å². The Morgan fingerprint density at radius 2 is 2.00 bits per heavy atom. The summed E-state index contributed by atoms with van der Waals surface area (Å²) in [7, 11) is 0. The molecule has 0 unspecified atom stereocenters. The molecule has 1 aromatic heterocycles. The second kappa shape index (κ2) is 8.67. The second-order valence-electron chi connectivity index (χ2n) is 7.50. The zero-order chi connectivity index (χ0) is 19.3. The molecule has 0 saturated carbocycles. The van der Waals surface area contributed by atoms with Crippen LogP contribution >= 0.6 is 11.3 Å². The summed E-state index contributed by atoms with van der Waals surface area (Å²) in [6.45, 7) is 4.69. The molecule has 2 atom stereocenters. The van der Waals surface area contributed by atoms with Gasteiger partial charge in [0.2, 0.25) is 5.91 Å². The van der Waals surface area contributed by atoms with Crippen LogP contribution in [0.4, 0.5) is 0 Å². The van der Waals surface area contributed by atoms with E-state index in [-0.39, 0.29) is 23.5 Å². The second-order valence-corrected chi connectivity index (χ2v) is 8.45. The molecule has 1 aromatic carbocycles. The Bertz CT molecular complexity index is 759. The Labute approximate surface area is 164 Å². The third-order valence-electron chi connectivity index (χ3n) is 4.69. The maximum Gasteiger partial charge on any atom is 0.262 e. The van der Waals surface area contributed by atoms with E-state index in [0.717, 1.165) is 18.4 Å². The van der Waals surface area contributed by atoms with Crippen LogP contribution in [0.2, 0.25) is 0 Å². The molecule has 27 heavy (non-hydrogen) atoms. The third kappa shape index (κ3) is 5.65. The van der Waals surface area contributed by atoms with Gasteiger partial charge in [-0.15, -0.1) is 11.3 Å². The fraction of sp³-hybridized carbons (Fsp3) is 0.429. The van der Waals surface area contributed by atoms with E-state index in [4.69, 9.17) is 4.74 Å². The van der Waals surface area contributed by atoms with Crippen LogP contribution in [0, 0.1) is 0 Å². The van der Waals surface area contributed by atoms with Crippen molar-refractivity contribution in [2.75, 3.05) is 6.61 Å². The van der Waals surface area contributed by atoms with Gasteiger partial charge in [0.05, 0.1) is 10.5 Å². The molecule has 1 fully saturated rings. The summed E-state index contributed by atoms with van der Waals surface area (Å²) in [6, 6.07) is 12.8. The van der Waals surface area contributed by atoms with Gasteiger partial charge in [0.25, 0.3) is 5.91 Å². The van der Waals surface area contributed by atoms with Crippen LogP contribution in [0.3, 0.4) is 0 Å². The highest BCUT2D eigenvalue weighted by molar-refractivity contribution is 7.12. The summed E-state index contributed by atoms with van der Waals surface area (Å²) in [5.74, 6) is -0.361. The molecule has 0 radical (unpaired) electrons. The zero-order valence-corrected chi connectivity index (χ0v) is 16.6. The average Bonchev–Trinajstić information content (AvgIpc) is 3.16. The largest absolute Gasteiger partial charge is 0.375 e. The van der Waals surface area contributed by atoms with E-state index in [1.54, 1.807) is 6.07 Å². The molecule has 0 spiro atoms. The molecule has 144 valence electrons. The van der Waals surface area contributed by atoms with Crippen LogP contribution < -0.4 is 10.6 Å². The van der Waals surface area contributed by atoms with Gasteiger partial charge in [0, 0.05) is 19.1 Å². The number of rotatable bonds is 6. The number of amides is 2. The molecule has 0 bridgehead atoms. The number of benzene rings is 1. The number of thiophene rings is 1. The molecule has 5 nitrogen and oxygen atoms in total. The van der Waals surface area contributed by atoms with Gasteiger partial charge >= 0.3 is 0 Å². The quantitative estimate of drug-likeness (QED) is 0.801. The van der Waals surface area contributed by atoms with Gasteiger partial charge in [-0.05, 0) is 43.7 Å². The van der Waals surface area contributed by atoms with Gasteiger partial charge in [-0.2, -0.15) is 0 Å². The van der Waals surface area contributed by atoms with Gasteiger partial charge in [-0.25, -0.2) is 0 Å². The van der Waals surface area contributed by atoms with Crippen LogP contribution in [0.1, 0.15) is 41.9 Å². The minimum Gasteiger partial charge on any atom is -0.375 e. The van der Waals surface area contributed by atoms with E-state index in [1.807, 2.05) is 55.6 Å². The summed E-state index contributed by atoms with van der Waals surface area (Å²) in [5, 5.41) is 7.87. The maximum absolute atomic E-state index is 13.0. The standard InChI is InChI=1S/C21H26N2O3S/c1-21(2)14-16(10-11-26-21)22-19(24)17(13-15-7-4-3-5-8-15)23-20(25)18-9-6-12-27-18/h3-9,12,16-17H,10-11,13-14H2,1-2H3,(H,22,24)(H,23,25)/t16-,17+/m1/s1. The maximum atomic E-state index is 13.0. The first kappa shape index (κ1) is 19.6. The van der Waals surface area contributed by atoms with Gasteiger partial charge in [-0.3, -0.25) is 9.59 Å². The average molecular weight is 387 g/mol. The lowest BCUT2D eigenvalue weighted by molar-refractivity contribution is -0.126. The molecule has 2 aromatic rings. The van der Waals surface area contributed by atoms with Crippen LogP contribution in [-0.2, 0) is 16.0 Å². The van der Waals surface area contributed by atoms with Gasteiger partial charge in [0.1, 0.15) is 6.04 Å². The van der Waals surface area contributed by atoms with Crippen molar-refractivity contribution in [1.82, 2.24) is 10.6 Å². The van der Waals surface area contributed by atoms with Crippen LogP contribution in [0.25, 0.3) is 0 Å². The normalized spacial score (nSPS) is 19.9. The number of nitrogens with one attached hydrogen (secondary N) is 2. The van der Waals surface area contributed by atoms with Crippen molar-refractivity contribution in [2.24, 2.45) is 0 Å². The minimum absolute atomic E-state index is 0.0539. The lowest BCUT2D eigenvalue weighted by Gasteiger charge is -2.36. The fourth-order valence-corrected chi connectivity index (χ4v) is 3.98. The van der Waals surface area contributed by atoms with Crippen molar-refractivity contribution in [2.45, 2.75) is 50.8 Å². The highest BCUT2D eigenvalue weighted by Crippen LogP contribution is 2.24. The fourth-order valence-electron chi connectivity index (χ4n) is 3.35. The highest BCUT2D eigenvalue weighted by Gasteiger charge is 2.31. The van der Waals surface area contributed by atoms with E-state index in [0.29, 0.717) is 17.9 Å². The molecule has 0 aliphatic carbocycles. The van der Waals surface area contributed by atoms with Crippen molar-refractivity contribution in [3.63, 3.8) is 0 Å². The summed E-state index contributed by atoms with van der Waals surface area (Å²) < 4.78 is 5.73. The molecule has 2 N–H and O–H groups in total. The minimum atomic E-state index is -0.618. The molecule has 6 heteroatoms. The lowest BCUT2D eigenvalue weighted by Crippen LogP contribution is -2.53. The van der Waals surface area contributed by atoms with Crippen molar-refractivity contribution < 1.29 is 14.3 Å². The number of hydrogen-bond acceptors (Lipinski definition) is 4. The molecule has 3 rings (SSSR count). The molecular weight excluding hydrogens is 360 g/mol. The lowest BCUT2D eigenvalue weighted by atomic mass is 9.93. The van der Waals surface area contributed by atoms with Gasteiger partial charge in [-0.1, -0.05) is 36.4 Å². The van der Waals surface area contributed by atoms with Gasteiger partial charge < -0.3 is 15.4 Å². The molecule has 1 aliphatic rings. The molecule has 1 saturated heterocycles. The summed E-state index contributed by atoms with van der Waals surface area (Å²) in [4.78, 5) is 26.1. The predicted octanol–water partition coefficient (Wildman–Crippen LogP) is 3.16. The summed E-state index contributed by atoms with van der Waals surface area (Å²) >= 11 is 1.37. The topological polar surface area (TPSA) is 67.4 Å². The third-order valence-corrected chi connectivity index (χ3v) is 5.56. The Morgan fingerprint density at radius 1 is 1.22 bits per heavy atom. The first-order valence-corrected chi connectivity index (χ1v) is 10.1.